The number of hydrogen-bond acceptors (Lipinski definition) is 2. The molecule has 0 spiro atoms. The summed E-state index contributed by atoms with van der Waals surface area (Å²) in [6, 6.07) is 0. The van der Waals surface area contributed by atoms with Crippen molar-refractivity contribution in [2.24, 2.45) is 0 Å². The van der Waals surface area contributed by atoms with Crippen molar-refractivity contribution in [2.75, 3.05) is 19.8 Å². The zero-order valence-electron chi connectivity index (χ0n) is 7.58. The third-order valence-corrected chi connectivity index (χ3v) is 1.95. The lowest BCUT2D eigenvalue weighted by Crippen LogP contribution is -2.35. The van der Waals surface area contributed by atoms with Crippen LogP contribution < -0.4 is 0 Å². The van der Waals surface area contributed by atoms with Gasteiger partial charge in [-0.1, -0.05) is 31.1 Å². The quantitative estimate of drug-likeness (QED) is 0.468. The molecular weight excluding hydrogens is 151 g/mol. The molecule has 0 amide bonds. The first-order valence-corrected chi connectivity index (χ1v) is 4.36. The van der Waals surface area contributed by atoms with Crippen molar-refractivity contribution in [3.8, 4) is 0 Å². The molecule has 0 unspecified atom stereocenters. The average molecular weight is 166 g/mol. The van der Waals surface area contributed by atoms with Crippen LogP contribution in [0.5, 0.6) is 0 Å². The molecule has 12 heavy (non-hydrogen) atoms. The van der Waals surface area contributed by atoms with Crippen molar-refractivity contribution < 1.29 is 9.47 Å². The van der Waals surface area contributed by atoms with Gasteiger partial charge in [-0.05, 0) is 6.42 Å². The van der Waals surface area contributed by atoms with Gasteiger partial charge in [0.05, 0.1) is 0 Å². The number of ether oxygens (including phenoxy) is 2. The van der Waals surface area contributed by atoms with Gasteiger partial charge in [0.15, 0.2) is 0 Å². The Bertz CT molecular complexity index is 171. The summed E-state index contributed by atoms with van der Waals surface area (Å²) < 4.78 is 10.4. The van der Waals surface area contributed by atoms with Gasteiger partial charge in [0.2, 0.25) is 6.71 Å². The third kappa shape index (κ3) is 2.50. The number of allylic oxidation sites excluding steroid dienone is 3. The summed E-state index contributed by atoms with van der Waals surface area (Å²) in [5, 5.41) is 0. The van der Waals surface area contributed by atoms with Gasteiger partial charge in [0.25, 0.3) is 0 Å². The van der Waals surface area contributed by atoms with E-state index in [1.165, 1.54) is 5.47 Å². The number of rotatable bonds is 3. The summed E-state index contributed by atoms with van der Waals surface area (Å²) in [5.74, 6) is 0. The van der Waals surface area contributed by atoms with Crippen LogP contribution in [-0.4, -0.2) is 26.5 Å². The van der Waals surface area contributed by atoms with E-state index < -0.39 is 0 Å². The second-order valence-corrected chi connectivity index (χ2v) is 2.87. The molecule has 0 bridgehead atoms. The van der Waals surface area contributed by atoms with Crippen LogP contribution in [-0.2, 0) is 9.47 Å². The van der Waals surface area contributed by atoms with Crippen LogP contribution in [0.25, 0.3) is 0 Å². The van der Waals surface area contributed by atoms with Crippen molar-refractivity contribution in [3.63, 3.8) is 0 Å². The standard InChI is InChI=1S/C9H15BO2/c1-3-5-9(4-2)10-6-11-8-12-7-10/h4-5H,2-3,6-8H2,1H3/b9-5+. The maximum Gasteiger partial charge on any atom is 0.234 e. The van der Waals surface area contributed by atoms with Gasteiger partial charge in [0, 0.05) is 13.0 Å². The van der Waals surface area contributed by atoms with E-state index in [0.717, 1.165) is 19.4 Å². The van der Waals surface area contributed by atoms with Gasteiger partial charge in [0.1, 0.15) is 6.79 Å². The molecule has 0 aromatic heterocycles. The molecule has 1 fully saturated rings. The largest absolute Gasteiger partial charge is 0.363 e. The van der Waals surface area contributed by atoms with Crippen LogP contribution in [0.1, 0.15) is 13.3 Å². The summed E-state index contributed by atoms with van der Waals surface area (Å²) in [7, 11) is 0. The second-order valence-electron chi connectivity index (χ2n) is 2.87. The first-order chi connectivity index (χ1) is 5.88. The molecule has 0 aromatic carbocycles. The molecule has 2 nitrogen and oxygen atoms in total. The highest BCUT2D eigenvalue weighted by Gasteiger charge is 2.21. The van der Waals surface area contributed by atoms with Gasteiger partial charge in [-0.25, -0.2) is 0 Å². The molecule has 1 aliphatic heterocycles. The topological polar surface area (TPSA) is 18.5 Å². The van der Waals surface area contributed by atoms with Crippen LogP contribution in [0.4, 0.5) is 0 Å². The predicted octanol–water partition coefficient (Wildman–Crippen LogP) is 1.63. The van der Waals surface area contributed by atoms with Crippen LogP contribution >= 0.6 is 0 Å². The molecule has 0 radical (unpaired) electrons. The number of hydrogen-bond donors (Lipinski definition) is 0. The Morgan fingerprint density at radius 1 is 1.50 bits per heavy atom. The fourth-order valence-corrected chi connectivity index (χ4v) is 1.33. The highest BCUT2D eigenvalue weighted by atomic mass is 16.7. The lowest BCUT2D eigenvalue weighted by atomic mass is 9.45. The highest BCUT2D eigenvalue weighted by molar-refractivity contribution is 6.67. The molecule has 0 aromatic rings. The zero-order valence-corrected chi connectivity index (χ0v) is 7.58. The van der Waals surface area contributed by atoms with Crippen molar-refractivity contribution in [2.45, 2.75) is 13.3 Å². The van der Waals surface area contributed by atoms with Gasteiger partial charge >= 0.3 is 0 Å². The maximum atomic E-state index is 5.20. The minimum atomic E-state index is 0.385. The van der Waals surface area contributed by atoms with E-state index in [2.05, 4.69) is 19.6 Å². The van der Waals surface area contributed by atoms with Crippen LogP contribution in [0, 0.1) is 0 Å². The zero-order chi connectivity index (χ0) is 8.81. The Kier molecular flexibility index (Phi) is 4.12. The summed E-state index contributed by atoms with van der Waals surface area (Å²) >= 11 is 0. The summed E-state index contributed by atoms with van der Waals surface area (Å²) in [4.78, 5) is 0. The maximum absolute atomic E-state index is 5.20. The van der Waals surface area contributed by atoms with E-state index >= 15 is 0 Å². The first kappa shape index (κ1) is 9.55. The van der Waals surface area contributed by atoms with E-state index in [1.54, 1.807) is 0 Å². The minimum Gasteiger partial charge on any atom is -0.363 e. The smallest absolute Gasteiger partial charge is 0.234 e. The normalized spacial score (nSPS) is 19.4. The van der Waals surface area contributed by atoms with Gasteiger partial charge in [-0.2, -0.15) is 0 Å². The Morgan fingerprint density at radius 2 is 2.17 bits per heavy atom. The minimum absolute atomic E-state index is 0.385. The Hall–Kier alpha value is -0.535. The van der Waals surface area contributed by atoms with Crippen molar-refractivity contribution in [1.82, 2.24) is 0 Å². The van der Waals surface area contributed by atoms with E-state index in [1.807, 2.05) is 6.08 Å². The van der Waals surface area contributed by atoms with Gasteiger partial charge in [-0.3, -0.25) is 0 Å². The van der Waals surface area contributed by atoms with Crippen molar-refractivity contribution in [3.05, 3.63) is 24.2 Å². The molecule has 1 heterocycles. The van der Waals surface area contributed by atoms with Crippen molar-refractivity contribution in [1.29, 1.82) is 0 Å². The average Bonchev–Trinajstić information content (AvgIpc) is 2.15. The summed E-state index contributed by atoms with van der Waals surface area (Å²) in [5.41, 5.74) is 1.25. The van der Waals surface area contributed by atoms with Gasteiger partial charge in [-0.15, -0.1) is 0 Å². The van der Waals surface area contributed by atoms with E-state index in [4.69, 9.17) is 9.47 Å². The molecule has 0 N–H and O–H groups in total. The van der Waals surface area contributed by atoms with E-state index in [0.29, 0.717) is 13.5 Å². The molecule has 3 heteroatoms. The monoisotopic (exact) mass is 166 g/mol. The Balaban J connectivity index is 2.51. The first-order valence-electron chi connectivity index (χ1n) is 4.36. The second kappa shape index (κ2) is 5.17. The lowest BCUT2D eigenvalue weighted by molar-refractivity contribution is -0.0413. The fourth-order valence-electron chi connectivity index (χ4n) is 1.33. The molecule has 1 saturated heterocycles. The predicted molar refractivity (Wildman–Crippen MR) is 51.1 cm³/mol. The van der Waals surface area contributed by atoms with E-state index in [9.17, 15) is 0 Å². The molecule has 66 valence electrons. The lowest BCUT2D eigenvalue weighted by Gasteiger charge is -2.20. The summed E-state index contributed by atoms with van der Waals surface area (Å²) in [6.07, 6.45) is 5.11. The molecule has 0 aliphatic carbocycles. The third-order valence-electron chi connectivity index (χ3n) is 1.95. The molecule has 1 rings (SSSR count). The molecular formula is C9H15BO2. The van der Waals surface area contributed by atoms with Crippen LogP contribution in [0.2, 0.25) is 0 Å². The van der Waals surface area contributed by atoms with Crippen molar-refractivity contribution >= 4 is 6.71 Å². The summed E-state index contributed by atoms with van der Waals surface area (Å²) in [6.45, 7) is 8.24. The van der Waals surface area contributed by atoms with E-state index in [-0.39, 0.29) is 0 Å². The highest BCUT2D eigenvalue weighted by Crippen LogP contribution is 2.08. The van der Waals surface area contributed by atoms with Crippen LogP contribution in [0.15, 0.2) is 24.2 Å². The fraction of sp³-hybridized carbons (Fsp3) is 0.556. The Morgan fingerprint density at radius 3 is 2.67 bits per heavy atom. The molecule has 0 atom stereocenters. The SMILES string of the molecule is C=C/C(=C\CC)B1COCOC1. The molecule has 1 aliphatic rings. The Labute approximate surface area is 74.3 Å². The van der Waals surface area contributed by atoms with Gasteiger partial charge < -0.3 is 9.47 Å². The van der Waals surface area contributed by atoms with Crippen LogP contribution in [0.3, 0.4) is 0 Å². The molecule has 0 saturated carbocycles.